The first kappa shape index (κ1) is 14.0. The normalized spacial score (nSPS) is 13.4. The molecule has 4 nitrogen and oxygen atoms in total. The van der Waals surface area contributed by atoms with E-state index in [-0.39, 0.29) is 11.8 Å². The van der Waals surface area contributed by atoms with Gasteiger partial charge in [-0.1, -0.05) is 12.1 Å². The van der Waals surface area contributed by atoms with Crippen molar-refractivity contribution >= 4 is 9.84 Å². The van der Waals surface area contributed by atoms with Crippen molar-refractivity contribution in [3.63, 3.8) is 0 Å². The molecule has 1 rings (SSSR count). The third kappa shape index (κ3) is 4.36. The molecule has 1 unspecified atom stereocenters. The van der Waals surface area contributed by atoms with Crippen molar-refractivity contribution in [3.8, 4) is 5.75 Å². The van der Waals surface area contributed by atoms with Crippen molar-refractivity contribution in [2.45, 2.75) is 19.4 Å². The minimum absolute atomic E-state index is 0.102. The van der Waals surface area contributed by atoms with Gasteiger partial charge < -0.3 is 10.5 Å². The number of sulfone groups is 1. The van der Waals surface area contributed by atoms with Crippen LogP contribution in [0, 0.1) is 6.92 Å². The van der Waals surface area contributed by atoms with Crippen LogP contribution in [0.1, 0.15) is 23.6 Å². The average Bonchev–Trinajstić information content (AvgIpc) is 2.25. The fourth-order valence-corrected chi connectivity index (χ4v) is 2.26. The Morgan fingerprint density at radius 2 is 2.06 bits per heavy atom. The SMILES string of the molecule is COc1cc(C(N)CCS(C)(=O)=O)ccc1C. The summed E-state index contributed by atoms with van der Waals surface area (Å²) in [5.41, 5.74) is 7.89. The van der Waals surface area contributed by atoms with Crippen molar-refractivity contribution in [1.82, 2.24) is 0 Å². The molecule has 1 aromatic carbocycles. The molecule has 5 heteroatoms. The zero-order chi connectivity index (χ0) is 13.1. The summed E-state index contributed by atoms with van der Waals surface area (Å²) in [5.74, 6) is 0.877. The molecule has 96 valence electrons. The molecule has 0 radical (unpaired) electrons. The molecule has 0 saturated carbocycles. The molecule has 1 aromatic rings. The maximum absolute atomic E-state index is 11.1. The topological polar surface area (TPSA) is 69.4 Å². The lowest BCUT2D eigenvalue weighted by Crippen LogP contribution is -2.15. The second kappa shape index (κ2) is 5.51. The van der Waals surface area contributed by atoms with Crippen LogP contribution in [0.3, 0.4) is 0 Å². The van der Waals surface area contributed by atoms with Gasteiger partial charge in [0.25, 0.3) is 0 Å². The Morgan fingerprint density at radius 1 is 1.41 bits per heavy atom. The van der Waals surface area contributed by atoms with Crippen LogP contribution in [0.5, 0.6) is 5.75 Å². The lowest BCUT2D eigenvalue weighted by Gasteiger charge is -2.13. The first-order valence-corrected chi connectivity index (χ1v) is 7.47. The second-order valence-electron chi connectivity index (χ2n) is 4.25. The average molecular weight is 257 g/mol. The largest absolute Gasteiger partial charge is 0.496 e. The highest BCUT2D eigenvalue weighted by atomic mass is 32.2. The number of rotatable bonds is 5. The third-order valence-corrected chi connectivity index (χ3v) is 3.64. The highest BCUT2D eigenvalue weighted by molar-refractivity contribution is 7.90. The highest BCUT2D eigenvalue weighted by Crippen LogP contribution is 2.23. The monoisotopic (exact) mass is 257 g/mol. The summed E-state index contributed by atoms with van der Waals surface area (Å²) in [7, 11) is -1.36. The van der Waals surface area contributed by atoms with E-state index >= 15 is 0 Å². The molecule has 0 bridgehead atoms. The summed E-state index contributed by atoms with van der Waals surface area (Å²) in [6.45, 7) is 1.95. The van der Waals surface area contributed by atoms with E-state index in [9.17, 15) is 8.42 Å². The Morgan fingerprint density at radius 3 is 2.59 bits per heavy atom. The molecule has 17 heavy (non-hydrogen) atoms. The quantitative estimate of drug-likeness (QED) is 0.866. The Bertz CT molecular complexity index is 483. The van der Waals surface area contributed by atoms with Crippen LogP contribution in [0.25, 0.3) is 0 Å². The lowest BCUT2D eigenvalue weighted by atomic mass is 10.0. The van der Waals surface area contributed by atoms with E-state index in [2.05, 4.69) is 0 Å². The number of nitrogens with two attached hydrogens (primary N) is 1. The third-order valence-electron chi connectivity index (χ3n) is 2.66. The summed E-state index contributed by atoms with van der Waals surface area (Å²) < 4.78 is 27.3. The van der Waals surface area contributed by atoms with Gasteiger partial charge in [-0.3, -0.25) is 0 Å². The molecule has 0 heterocycles. The van der Waals surface area contributed by atoms with E-state index in [1.165, 1.54) is 6.26 Å². The van der Waals surface area contributed by atoms with Gasteiger partial charge in [0.15, 0.2) is 0 Å². The zero-order valence-electron chi connectivity index (χ0n) is 10.4. The number of ether oxygens (including phenoxy) is 1. The Hall–Kier alpha value is -1.07. The van der Waals surface area contributed by atoms with Crippen molar-refractivity contribution in [3.05, 3.63) is 29.3 Å². The van der Waals surface area contributed by atoms with Crippen molar-refractivity contribution in [2.24, 2.45) is 5.73 Å². The van der Waals surface area contributed by atoms with Gasteiger partial charge in [-0.2, -0.15) is 0 Å². The van der Waals surface area contributed by atoms with Crippen molar-refractivity contribution in [2.75, 3.05) is 19.1 Å². The fourth-order valence-electron chi connectivity index (χ4n) is 1.57. The molecule has 0 aromatic heterocycles. The summed E-state index contributed by atoms with van der Waals surface area (Å²) in [6.07, 6.45) is 1.64. The van der Waals surface area contributed by atoms with E-state index in [4.69, 9.17) is 10.5 Å². The van der Waals surface area contributed by atoms with Gasteiger partial charge >= 0.3 is 0 Å². The molecular weight excluding hydrogens is 238 g/mol. The van der Waals surface area contributed by atoms with E-state index < -0.39 is 9.84 Å². The predicted octanol–water partition coefficient (Wildman–Crippen LogP) is 1.44. The van der Waals surface area contributed by atoms with Gasteiger partial charge in [-0.15, -0.1) is 0 Å². The van der Waals surface area contributed by atoms with Crippen LogP contribution in [0.2, 0.25) is 0 Å². The number of hydrogen-bond donors (Lipinski definition) is 1. The maximum Gasteiger partial charge on any atom is 0.147 e. The second-order valence-corrected chi connectivity index (χ2v) is 6.51. The van der Waals surface area contributed by atoms with E-state index in [1.54, 1.807) is 7.11 Å². The molecular formula is C12H19NO3S. The Balaban J connectivity index is 2.79. The molecule has 0 fully saturated rings. The van der Waals surface area contributed by atoms with Gasteiger partial charge in [0.1, 0.15) is 15.6 Å². The van der Waals surface area contributed by atoms with Crippen molar-refractivity contribution in [1.29, 1.82) is 0 Å². The lowest BCUT2D eigenvalue weighted by molar-refractivity contribution is 0.410. The first-order valence-electron chi connectivity index (χ1n) is 5.41. The molecule has 0 spiro atoms. The van der Waals surface area contributed by atoms with E-state index in [0.717, 1.165) is 16.9 Å². The van der Waals surface area contributed by atoms with Crippen LogP contribution in [-0.2, 0) is 9.84 Å². The molecule has 0 amide bonds. The Labute approximate surface area is 103 Å². The van der Waals surface area contributed by atoms with Crippen LogP contribution in [0.15, 0.2) is 18.2 Å². The molecule has 0 aliphatic carbocycles. The van der Waals surface area contributed by atoms with Gasteiger partial charge in [0, 0.05) is 12.3 Å². The summed E-state index contributed by atoms with van der Waals surface area (Å²) in [6, 6.07) is 5.42. The molecule has 0 aliphatic rings. The van der Waals surface area contributed by atoms with E-state index in [0.29, 0.717) is 6.42 Å². The number of methoxy groups -OCH3 is 1. The minimum atomic E-state index is -2.96. The predicted molar refractivity (Wildman–Crippen MR) is 69.0 cm³/mol. The highest BCUT2D eigenvalue weighted by Gasteiger charge is 2.11. The van der Waals surface area contributed by atoms with E-state index in [1.807, 2.05) is 25.1 Å². The minimum Gasteiger partial charge on any atom is -0.496 e. The van der Waals surface area contributed by atoms with Crippen LogP contribution >= 0.6 is 0 Å². The summed E-state index contributed by atoms with van der Waals surface area (Å²) >= 11 is 0. The van der Waals surface area contributed by atoms with Crippen LogP contribution in [0.4, 0.5) is 0 Å². The molecule has 2 N–H and O–H groups in total. The zero-order valence-corrected chi connectivity index (χ0v) is 11.3. The molecule has 0 saturated heterocycles. The van der Waals surface area contributed by atoms with Gasteiger partial charge in [-0.05, 0) is 30.5 Å². The van der Waals surface area contributed by atoms with Gasteiger partial charge in [0.05, 0.1) is 12.9 Å². The maximum atomic E-state index is 11.1. The summed E-state index contributed by atoms with van der Waals surface area (Å²) in [5, 5.41) is 0. The van der Waals surface area contributed by atoms with Gasteiger partial charge in [0.2, 0.25) is 0 Å². The Kier molecular flexibility index (Phi) is 4.54. The number of aryl methyl sites for hydroxylation is 1. The van der Waals surface area contributed by atoms with Crippen LogP contribution < -0.4 is 10.5 Å². The van der Waals surface area contributed by atoms with Gasteiger partial charge in [-0.25, -0.2) is 8.42 Å². The standard InChI is InChI=1S/C12H19NO3S/c1-9-4-5-10(8-12(9)16-2)11(13)6-7-17(3,14)15/h4-5,8,11H,6-7,13H2,1-3H3. The smallest absolute Gasteiger partial charge is 0.147 e. The molecule has 0 aliphatic heterocycles. The summed E-state index contributed by atoms with van der Waals surface area (Å²) in [4.78, 5) is 0. The van der Waals surface area contributed by atoms with Crippen molar-refractivity contribution < 1.29 is 13.2 Å². The molecule has 1 atom stereocenters. The van der Waals surface area contributed by atoms with Crippen LogP contribution in [-0.4, -0.2) is 27.5 Å². The fraction of sp³-hybridized carbons (Fsp3) is 0.500. The number of hydrogen-bond acceptors (Lipinski definition) is 4. The first-order chi connectivity index (χ1) is 7.83. The number of benzene rings is 1.